The van der Waals surface area contributed by atoms with Crippen LogP contribution in [0, 0.1) is 10.8 Å². The van der Waals surface area contributed by atoms with Gasteiger partial charge in [-0.15, -0.1) is 0 Å². The van der Waals surface area contributed by atoms with E-state index in [1.165, 1.54) is 5.56 Å². The summed E-state index contributed by atoms with van der Waals surface area (Å²) in [5.41, 5.74) is 3.41. The molecule has 3 rings (SSSR count). The van der Waals surface area contributed by atoms with E-state index < -0.39 is 0 Å². The molecule has 20 heavy (non-hydrogen) atoms. The van der Waals surface area contributed by atoms with Crippen LogP contribution >= 0.6 is 0 Å². The van der Waals surface area contributed by atoms with E-state index in [0.717, 1.165) is 30.6 Å². The molecule has 0 spiro atoms. The molecule has 1 aliphatic heterocycles. The molecule has 3 heteroatoms. The van der Waals surface area contributed by atoms with Crippen LogP contribution in [-0.2, 0) is 6.42 Å². The first-order valence-electron chi connectivity index (χ1n) is 6.86. The lowest BCUT2D eigenvalue weighted by Gasteiger charge is -2.31. The molecular formula is C17H17N3. The predicted molar refractivity (Wildman–Crippen MR) is 83.1 cm³/mol. The van der Waals surface area contributed by atoms with Gasteiger partial charge in [-0.1, -0.05) is 48.5 Å². The molecule has 0 radical (unpaired) electrons. The van der Waals surface area contributed by atoms with Gasteiger partial charge < -0.3 is 4.90 Å². The average Bonchev–Trinajstić information content (AvgIpc) is 2.54. The van der Waals surface area contributed by atoms with Gasteiger partial charge in [0.25, 0.3) is 0 Å². The fraction of sp³-hybridized carbons (Fsp3) is 0.176. The maximum absolute atomic E-state index is 8.36. The van der Waals surface area contributed by atoms with Crippen LogP contribution < -0.4 is 4.90 Å². The van der Waals surface area contributed by atoms with Gasteiger partial charge in [-0.2, -0.15) is 0 Å². The Bertz CT molecular complexity index is 646. The standard InChI is InChI=1S/C17H17N3/c18-16(14-8-2-1-3-9-14)17(19)20-12-6-10-13-7-4-5-11-15(13)20/h1-5,7-9,11,18-19H,6,10,12H2. The SMILES string of the molecule is N=C(C(=N)N1CCCc2ccccc21)c1ccccc1. The van der Waals surface area contributed by atoms with Crippen molar-refractivity contribution in [3.63, 3.8) is 0 Å². The van der Waals surface area contributed by atoms with Gasteiger partial charge in [0.1, 0.15) is 5.71 Å². The van der Waals surface area contributed by atoms with E-state index in [-0.39, 0.29) is 11.5 Å². The fourth-order valence-corrected chi connectivity index (χ4v) is 2.64. The molecule has 0 aromatic heterocycles. The molecular weight excluding hydrogens is 246 g/mol. The monoisotopic (exact) mass is 263 g/mol. The van der Waals surface area contributed by atoms with Crippen LogP contribution in [0.4, 0.5) is 5.69 Å². The Morgan fingerprint density at radius 2 is 1.60 bits per heavy atom. The van der Waals surface area contributed by atoms with Gasteiger partial charge in [0.05, 0.1) is 0 Å². The van der Waals surface area contributed by atoms with Crippen LogP contribution in [0.25, 0.3) is 0 Å². The van der Waals surface area contributed by atoms with Gasteiger partial charge in [-0.3, -0.25) is 10.8 Å². The zero-order chi connectivity index (χ0) is 13.9. The summed E-state index contributed by atoms with van der Waals surface area (Å²) in [6, 6.07) is 17.7. The number of benzene rings is 2. The second kappa shape index (κ2) is 5.29. The van der Waals surface area contributed by atoms with Crippen molar-refractivity contribution < 1.29 is 0 Å². The second-order valence-corrected chi connectivity index (χ2v) is 4.97. The molecule has 0 unspecified atom stereocenters. The van der Waals surface area contributed by atoms with Gasteiger partial charge >= 0.3 is 0 Å². The van der Waals surface area contributed by atoms with Crippen LogP contribution in [-0.4, -0.2) is 18.1 Å². The summed E-state index contributed by atoms with van der Waals surface area (Å²) < 4.78 is 0. The molecule has 3 nitrogen and oxygen atoms in total. The number of aryl methyl sites for hydroxylation is 1. The van der Waals surface area contributed by atoms with E-state index in [0.29, 0.717) is 0 Å². The van der Waals surface area contributed by atoms with E-state index in [1.807, 2.05) is 53.4 Å². The molecule has 0 atom stereocenters. The first-order chi connectivity index (χ1) is 9.77. The van der Waals surface area contributed by atoms with Crippen molar-refractivity contribution in [3.8, 4) is 0 Å². The molecule has 0 fully saturated rings. The summed E-state index contributed by atoms with van der Waals surface area (Å²) in [7, 11) is 0. The van der Waals surface area contributed by atoms with Gasteiger partial charge in [0.15, 0.2) is 5.84 Å². The fourth-order valence-electron chi connectivity index (χ4n) is 2.64. The van der Waals surface area contributed by atoms with E-state index in [2.05, 4.69) is 6.07 Å². The number of fused-ring (bicyclic) bond motifs is 1. The van der Waals surface area contributed by atoms with Crippen LogP contribution in [0.5, 0.6) is 0 Å². The summed E-state index contributed by atoms with van der Waals surface area (Å²) in [6.07, 6.45) is 2.08. The van der Waals surface area contributed by atoms with E-state index in [1.54, 1.807) is 0 Å². The minimum absolute atomic E-state index is 0.280. The van der Waals surface area contributed by atoms with Gasteiger partial charge in [0.2, 0.25) is 0 Å². The molecule has 0 saturated carbocycles. The molecule has 1 heterocycles. The third-order valence-electron chi connectivity index (χ3n) is 3.68. The summed E-state index contributed by atoms with van der Waals surface area (Å²) >= 11 is 0. The minimum atomic E-state index is 0.280. The van der Waals surface area contributed by atoms with Gasteiger partial charge in [0, 0.05) is 17.8 Å². The number of nitrogens with zero attached hydrogens (tertiary/aromatic N) is 1. The number of rotatable bonds is 2. The lowest BCUT2D eigenvalue weighted by atomic mass is 10.00. The highest BCUT2D eigenvalue weighted by Gasteiger charge is 2.22. The summed E-state index contributed by atoms with van der Waals surface area (Å²) in [6.45, 7) is 0.811. The number of hydrogen-bond donors (Lipinski definition) is 2. The van der Waals surface area contributed by atoms with Crippen molar-refractivity contribution in [1.29, 1.82) is 10.8 Å². The minimum Gasteiger partial charge on any atom is -0.325 e. The van der Waals surface area contributed by atoms with Crippen LogP contribution in [0.2, 0.25) is 0 Å². The van der Waals surface area contributed by atoms with Gasteiger partial charge in [-0.05, 0) is 24.5 Å². The quantitative estimate of drug-likeness (QED) is 0.632. The van der Waals surface area contributed by atoms with Crippen LogP contribution in [0.15, 0.2) is 54.6 Å². The van der Waals surface area contributed by atoms with E-state index >= 15 is 0 Å². The Hall–Kier alpha value is -2.42. The maximum atomic E-state index is 8.36. The van der Waals surface area contributed by atoms with Gasteiger partial charge in [-0.25, -0.2) is 0 Å². The highest BCUT2D eigenvalue weighted by molar-refractivity contribution is 6.49. The number of anilines is 1. The molecule has 2 aromatic rings. The third kappa shape index (κ3) is 2.23. The third-order valence-corrected chi connectivity index (χ3v) is 3.68. The Labute approximate surface area is 118 Å². The average molecular weight is 263 g/mol. The number of para-hydroxylation sites is 1. The van der Waals surface area contributed by atoms with Crippen LogP contribution in [0.1, 0.15) is 17.5 Å². The second-order valence-electron chi connectivity index (χ2n) is 4.97. The number of nitrogens with one attached hydrogen (secondary N) is 2. The lowest BCUT2D eigenvalue weighted by molar-refractivity contribution is 0.778. The van der Waals surface area contributed by atoms with Crippen molar-refractivity contribution in [2.24, 2.45) is 0 Å². The molecule has 0 bridgehead atoms. The Morgan fingerprint density at radius 1 is 0.900 bits per heavy atom. The highest BCUT2D eigenvalue weighted by Crippen LogP contribution is 2.27. The maximum Gasteiger partial charge on any atom is 0.151 e. The number of amidine groups is 1. The van der Waals surface area contributed by atoms with Crippen molar-refractivity contribution in [2.45, 2.75) is 12.8 Å². The normalized spacial score (nSPS) is 13.7. The summed E-state index contributed by atoms with van der Waals surface area (Å²) in [5.74, 6) is 0.281. The molecule has 100 valence electrons. The first-order valence-corrected chi connectivity index (χ1v) is 6.86. The largest absolute Gasteiger partial charge is 0.325 e. The molecule has 0 saturated heterocycles. The zero-order valence-corrected chi connectivity index (χ0v) is 11.3. The molecule has 0 amide bonds. The summed E-state index contributed by atoms with van der Waals surface area (Å²) in [4.78, 5) is 1.95. The molecule has 2 aromatic carbocycles. The van der Waals surface area contributed by atoms with E-state index in [9.17, 15) is 0 Å². The Morgan fingerprint density at radius 3 is 2.40 bits per heavy atom. The Kier molecular flexibility index (Phi) is 3.33. The summed E-state index contributed by atoms with van der Waals surface area (Å²) in [5, 5.41) is 16.6. The van der Waals surface area contributed by atoms with Crippen molar-refractivity contribution in [2.75, 3.05) is 11.4 Å². The highest BCUT2D eigenvalue weighted by atomic mass is 15.2. The predicted octanol–water partition coefficient (Wildman–Crippen LogP) is 3.48. The lowest BCUT2D eigenvalue weighted by Crippen LogP contribution is -2.39. The van der Waals surface area contributed by atoms with E-state index in [4.69, 9.17) is 10.8 Å². The first kappa shape index (κ1) is 12.6. The molecule has 0 aliphatic carbocycles. The van der Waals surface area contributed by atoms with Crippen molar-refractivity contribution >= 4 is 17.2 Å². The Balaban J connectivity index is 1.91. The topological polar surface area (TPSA) is 50.9 Å². The molecule has 2 N–H and O–H groups in total. The van der Waals surface area contributed by atoms with Crippen molar-refractivity contribution in [3.05, 3.63) is 65.7 Å². The molecule has 1 aliphatic rings. The smallest absolute Gasteiger partial charge is 0.151 e. The van der Waals surface area contributed by atoms with Crippen molar-refractivity contribution in [1.82, 2.24) is 0 Å². The number of hydrogen-bond acceptors (Lipinski definition) is 2. The van der Waals surface area contributed by atoms with Crippen LogP contribution in [0.3, 0.4) is 0 Å². The zero-order valence-electron chi connectivity index (χ0n) is 11.3.